The number of ether oxygens (including phenoxy) is 2. The van der Waals surface area contributed by atoms with Gasteiger partial charge in [-0.15, -0.1) is 11.8 Å². The summed E-state index contributed by atoms with van der Waals surface area (Å²) in [6.45, 7) is 5.38. The van der Waals surface area contributed by atoms with Crippen LogP contribution in [-0.2, 0) is 19.1 Å². The van der Waals surface area contributed by atoms with Crippen LogP contribution in [0.3, 0.4) is 0 Å². The topological polar surface area (TPSA) is 108 Å². The van der Waals surface area contributed by atoms with Gasteiger partial charge in [0.05, 0.1) is 40.2 Å². The van der Waals surface area contributed by atoms with E-state index in [0.29, 0.717) is 16.3 Å². The van der Waals surface area contributed by atoms with Crippen molar-refractivity contribution < 1.29 is 24.0 Å². The predicted molar refractivity (Wildman–Crippen MR) is 105 cm³/mol. The third-order valence-electron chi connectivity index (χ3n) is 4.14. The minimum absolute atomic E-state index is 0.134. The Balaban J connectivity index is 2.73. The van der Waals surface area contributed by atoms with Crippen molar-refractivity contribution in [2.45, 2.75) is 26.7 Å². The minimum Gasteiger partial charge on any atom is -0.463 e. The molecule has 8 nitrogen and oxygen atoms in total. The molecule has 1 aromatic rings. The van der Waals surface area contributed by atoms with Gasteiger partial charge in [0.15, 0.2) is 0 Å². The Morgan fingerprint density at radius 2 is 1.79 bits per heavy atom. The number of carbonyl (C=O) groups excluding carboxylic acids is 2. The number of carbonyl (C=O) groups is 2. The normalized spacial score (nSPS) is 16.5. The maximum absolute atomic E-state index is 12.8. The Morgan fingerprint density at radius 3 is 2.32 bits per heavy atom. The molecule has 1 unspecified atom stereocenters. The minimum atomic E-state index is -0.846. The van der Waals surface area contributed by atoms with E-state index < -0.39 is 22.8 Å². The van der Waals surface area contributed by atoms with Crippen molar-refractivity contribution >= 4 is 29.4 Å². The highest BCUT2D eigenvalue weighted by Crippen LogP contribution is 2.42. The van der Waals surface area contributed by atoms with Crippen LogP contribution in [0.4, 0.5) is 5.69 Å². The van der Waals surface area contributed by atoms with Crippen LogP contribution in [-0.4, -0.2) is 36.3 Å². The second kappa shape index (κ2) is 9.41. The number of benzene rings is 1. The summed E-state index contributed by atoms with van der Waals surface area (Å²) in [6, 6.07) is 5.88. The lowest BCUT2D eigenvalue weighted by molar-refractivity contribution is -0.384. The third kappa shape index (κ3) is 4.36. The van der Waals surface area contributed by atoms with Gasteiger partial charge in [-0.05, 0) is 32.6 Å². The highest BCUT2D eigenvalue weighted by atomic mass is 32.2. The fourth-order valence-electron chi connectivity index (χ4n) is 3.01. The van der Waals surface area contributed by atoms with Crippen LogP contribution in [0, 0.1) is 10.1 Å². The van der Waals surface area contributed by atoms with Crippen molar-refractivity contribution in [2.75, 3.05) is 19.5 Å². The second-order valence-electron chi connectivity index (χ2n) is 5.84. The molecule has 1 N–H and O–H groups in total. The number of hydrogen-bond acceptors (Lipinski definition) is 8. The van der Waals surface area contributed by atoms with Crippen molar-refractivity contribution in [1.29, 1.82) is 0 Å². The van der Waals surface area contributed by atoms with Crippen molar-refractivity contribution in [2.24, 2.45) is 0 Å². The molecule has 0 saturated carbocycles. The first-order valence-electron chi connectivity index (χ1n) is 8.70. The van der Waals surface area contributed by atoms with Crippen LogP contribution >= 0.6 is 11.8 Å². The molecule has 0 radical (unpaired) electrons. The van der Waals surface area contributed by atoms with Crippen molar-refractivity contribution in [3.63, 3.8) is 0 Å². The molecule has 2 rings (SSSR count). The van der Waals surface area contributed by atoms with Gasteiger partial charge in [0.1, 0.15) is 0 Å². The van der Waals surface area contributed by atoms with Crippen molar-refractivity contribution in [1.82, 2.24) is 5.32 Å². The lowest BCUT2D eigenvalue weighted by Gasteiger charge is -2.30. The Hall–Kier alpha value is -2.81. The van der Waals surface area contributed by atoms with Crippen molar-refractivity contribution in [3.8, 4) is 0 Å². The molecule has 0 fully saturated rings. The van der Waals surface area contributed by atoms with Crippen LogP contribution in [0.15, 0.2) is 46.1 Å². The number of nitro benzene ring substituents is 1. The summed E-state index contributed by atoms with van der Waals surface area (Å²) in [7, 11) is 0. The number of rotatable bonds is 7. The molecule has 0 aliphatic carbocycles. The van der Waals surface area contributed by atoms with Gasteiger partial charge in [0, 0.05) is 17.8 Å². The van der Waals surface area contributed by atoms with Gasteiger partial charge < -0.3 is 14.8 Å². The van der Waals surface area contributed by atoms with Gasteiger partial charge in [-0.2, -0.15) is 0 Å². The number of thioether (sulfide) groups is 1. The highest BCUT2D eigenvalue weighted by molar-refractivity contribution is 8.02. The fraction of sp³-hybridized carbons (Fsp3) is 0.368. The number of non-ortho nitro benzene ring substituents is 1. The smallest absolute Gasteiger partial charge is 0.337 e. The van der Waals surface area contributed by atoms with E-state index in [1.807, 2.05) is 0 Å². The molecule has 1 aliphatic rings. The largest absolute Gasteiger partial charge is 0.463 e. The monoisotopic (exact) mass is 406 g/mol. The van der Waals surface area contributed by atoms with E-state index in [1.54, 1.807) is 33.1 Å². The molecule has 0 bridgehead atoms. The lowest BCUT2D eigenvalue weighted by atomic mass is 9.82. The molecule has 1 atom stereocenters. The first-order valence-corrected chi connectivity index (χ1v) is 9.92. The second-order valence-corrected chi connectivity index (χ2v) is 6.65. The average molecular weight is 406 g/mol. The van der Waals surface area contributed by atoms with Crippen LogP contribution in [0.2, 0.25) is 0 Å². The number of nitrogens with one attached hydrogen (secondary N) is 1. The zero-order valence-corrected chi connectivity index (χ0v) is 16.9. The molecule has 150 valence electrons. The maximum Gasteiger partial charge on any atom is 0.337 e. The molecule has 1 aliphatic heterocycles. The Morgan fingerprint density at radius 1 is 1.18 bits per heavy atom. The average Bonchev–Trinajstić information content (AvgIpc) is 2.67. The summed E-state index contributed by atoms with van der Waals surface area (Å²) in [5.74, 6) is -2.03. The number of nitro groups is 1. The van der Waals surface area contributed by atoms with E-state index in [4.69, 9.17) is 9.47 Å². The summed E-state index contributed by atoms with van der Waals surface area (Å²) < 4.78 is 10.4. The van der Waals surface area contributed by atoms with Gasteiger partial charge >= 0.3 is 11.9 Å². The van der Waals surface area contributed by atoms with E-state index in [1.165, 1.54) is 30.0 Å². The van der Waals surface area contributed by atoms with E-state index in [9.17, 15) is 19.7 Å². The number of esters is 2. The van der Waals surface area contributed by atoms with E-state index in [2.05, 4.69) is 5.32 Å². The molecule has 0 spiro atoms. The Kier molecular flexibility index (Phi) is 7.22. The van der Waals surface area contributed by atoms with Crippen LogP contribution in [0.5, 0.6) is 0 Å². The number of allylic oxidation sites excluding steroid dienone is 1. The zero-order valence-electron chi connectivity index (χ0n) is 16.1. The molecule has 0 saturated heterocycles. The fourth-order valence-corrected chi connectivity index (χ4v) is 3.68. The summed E-state index contributed by atoms with van der Waals surface area (Å²) >= 11 is 1.30. The first-order chi connectivity index (χ1) is 13.3. The number of dihydropyridines is 1. The van der Waals surface area contributed by atoms with E-state index in [-0.39, 0.29) is 30.0 Å². The molecule has 28 heavy (non-hydrogen) atoms. The molecule has 1 aromatic carbocycles. The first kappa shape index (κ1) is 21.5. The van der Waals surface area contributed by atoms with Crippen molar-refractivity contribution in [3.05, 3.63) is 61.8 Å². The molecule has 1 heterocycles. The van der Waals surface area contributed by atoms with E-state index in [0.717, 1.165) is 0 Å². The van der Waals surface area contributed by atoms with E-state index >= 15 is 0 Å². The molecular formula is C19H22N2O6S. The Bertz CT molecular complexity index is 862. The van der Waals surface area contributed by atoms with Gasteiger partial charge in [-0.25, -0.2) is 9.59 Å². The van der Waals surface area contributed by atoms with Crippen LogP contribution in [0.25, 0.3) is 0 Å². The zero-order chi connectivity index (χ0) is 20.8. The quantitative estimate of drug-likeness (QED) is 0.418. The van der Waals surface area contributed by atoms with Gasteiger partial charge in [-0.3, -0.25) is 10.1 Å². The SMILES string of the molecule is CCOC(=O)C1=C(C)NC(SC)=C(C(=O)OCC)C1c1cccc([N+](=O)[O-])c1. The van der Waals surface area contributed by atoms with Gasteiger partial charge in [0.25, 0.3) is 5.69 Å². The molecule has 0 aromatic heterocycles. The Labute approximate surface area is 167 Å². The standard InChI is InChI=1S/C19H22N2O6S/c1-5-26-18(22)14-11(3)20-17(28-4)16(19(23)27-6-2)15(14)12-8-7-9-13(10-12)21(24)25/h7-10,15,20H,5-6H2,1-4H3. The van der Waals surface area contributed by atoms with Gasteiger partial charge in [0.2, 0.25) is 0 Å². The van der Waals surface area contributed by atoms with Crippen LogP contribution in [0.1, 0.15) is 32.3 Å². The summed E-state index contributed by atoms with van der Waals surface area (Å²) in [6.07, 6.45) is 1.79. The summed E-state index contributed by atoms with van der Waals surface area (Å²) in [4.78, 5) is 36.2. The number of hydrogen-bond donors (Lipinski definition) is 1. The van der Waals surface area contributed by atoms with Crippen LogP contribution < -0.4 is 5.32 Å². The summed E-state index contributed by atoms with van der Waals surface area (Å²) in [5.41, 5.74) is 1.28. The third-order valence-corrected chi connectivity index (χ3v) is 4.87. The van der Waals surface area contributed by atoms with Gasteiger partial charge in [-0.1, -0.05) is 12.1 Å². The highest BCUT2D eigenvalue weighted by Gasteiger charge is 2.39. The molecule has 9 heteroatoms. The molecular weight excluding hydrogens is 384 g/mol. The maximum atomic E-state index is 12.8. The lowest BCUT2D eigenvalue weighted by Crippen LogP contribution is -2.32. The summed E-state index contributed by atoms with van der Waals surface area (Å²) in [5, 5.41) is 14.8. The predicted octanol–water partition coefficient (Wildman–Crippen LogP) is 3.26. The molecule has 0 amide bonds. The number of nitrogens with zero attached hydrogens (tertiary/aromatic N) is 1.